The van der Waals surface area contributed by atoms with Crippen LogP contribution in [0, 0.1) is 40.4 Å². The quantitative estimate of drug-likeness (QED) is 0.633. The minimum Gasteiger partial charge on any atom is -0.0651 e. The lowest BCUT2D eigenvalue weighted by atomic mass is 9.67. The molecule has 0 heteroatoms. The Kier molecular flexibility index (Phi) is 2.31. The lowest BCUT2D eigenvalue weighted by Crippen LogP contribution is -2.32. The molecule has 0 spiro atoms. The number of fused-ring (bicyclic) bond motifs is 1. The van der Waals surface area contributed by atoms with E-state index in [1.807, 2.05) is 0 Å². The first kappa shape index (κ1) is 11.5. The van der Waals surface area contributed by atoms with Gasteiger partial charge in [-0.15, -0.1) is 0 Å². The van der Waals surface area contributed by atoms with Gasteiger partial charge in [-0.25, -0.2) is 0 Å². The summed E-state index contributed by atoms with van der Waals surface area (Å²) in [7, 11) is 0. The molecule has 0 aromatic carbocycles. The van der Waals surface area contributed by atoms with E-state index in [9.17, 15) is 0 Å². The second-order valence-electron chi connectivity index (χ2n) is 6.81. The smallest absolute Gasteiger partial charge is 0.0150 e. The summed E-state index contributed by atoms with van der Waals surface area (Å²) < 4.78 is 0. The largest absolute Gasteiger partial charge is 0.0651 e. The topological polar surface area (TPSA) is 0 Å². The van der Waals surface area contributed by atoms with Crippen LogP contribution in [0.3, 0.4) is 0 Å². The highest BCUT2D eigenvalue weighted by molar-refractivity contribution is 5.38. The van der Waals surface area contributed by atoms with E-state index in [-0.39, 0.29) is 0 Å². The lowest BCUT2D eigenvalue weighted by Gasteiger charge is -2.37. The molecule has 2 aliphatic rings. The van der Waals surface area contributed by atoms with Gasteiger partial charge in [0.05, 0.1) is 0 Å². The summed E-state index contributed by atoms with van der Waals surface area (Å²) >= 11 is 0. The van der Waals surface area contributed by atoms with E-state index in [0.29, 0.717) is 5.41 Å². The zero-order chi connectivity index (χ0) is 11.6. The molecule has 6 atom stereocenters. The summed E-state index contributed by atoms with van der Waals surface area (Å²) in [5.74, 6) is 4.74. The molecule has 0 nitrogen and oxygen atoms in total. The Labute approximate surface area is 95.8 Å². The zero-order valence-corrected chi connectivity index (χ0v) is 11.6. The van der Waals surface area contributed by atoms with Crippen LogP contribution in [0.1, 0.15) is 54.9 Å². The van der Waals surface area contributed by atoms with Gasteiger partial charge in [-0.1, -0.05) is 54.9 Å². The third-order valence-electron chi connectivity index (χ3n) is 6.55. The fraction of sp³-hybridized carbons (Fsp3) is 1.00. The SMILES string of the molecule is CCC(C)C(C)C1(C)C2C(C)C21C(C)C. The van der Waals surface area contributed by atoms with Gasteiger partial charge in [0.2, 0.25) is 0 Å². The molecule has 2 saturated carbocycles. The minimum absolute atomic E-state index is 0.677. The summed E-state index contributed by atoms with van der Waals surface area (Å²) in [4.78, 5) is 0. The van der Waals surface area contributed by atoms with Crippen LogP contribution < -0.4 is 0 Å². The van der Waals surface area contributed by atoms with Crippen molar-refractivity contribution in [1.29, 1.82) is 0 Å². The van der Waals surface area contributed by atoms with Crippen molar-refractivity contribution in [3.05, 3.63) is 0 Å². The minimum atomic E-state index is 0.677. The van der Waals surface area contributed by atoms with Crippen LogP contribution in [-0.2, 0) is 0 Å². The predicted octanol–water partition coefficient (Wildman–Crippen LogP) is 4.60. The summed E-state index contributed by atoms with van der Waals surface area (Å²) in [5.41, 5.74) is 1.41. The van der Waals surface area contributed by atoms with Crippen molar-refractivity contribution in [1.82, 2.24) is 0 Å². The van der Waals surface area contributed by atoms with Crippen molar-refractivity contribution in [2.75, 3.05) is 0 Å². The van der Waals surface area contributed by atoms with Crippen LogP contribution in [0.25, 0.3) is 0 Å². The molecule has 88 valence electrons. The van der Waals surface area contributed by atoms with Crippen LogP contribution in [0.2, 0.25) is 0 Å². The van der Waals surface area contributed by atoms with Crippen molar-refractivity contribution >= 4 is 0 Å². The maximum atomic E-state index is 2.56. The Morgan fingerprint density at radius 2 is 1.67 bits per heavy atom. The predicted molar refractivity (Wildman–Crippen MR) is 66.7 cm³/mol. The second kappa shape index (κ2) is 3.02. The van der Waals surface area contributed by atoms with Gasteiger partial charge in [-0.3, -0.25) is 0 Å². The maximum absolute atomic E-state index is 2.56. The Bertz CT molecular complexity index is 267. The second-order valence-corrected chi connectivity index (χ2v) is 6.81. The molecule has 0 radical (unpaired) electrons. The standard InChI is InChI=1S/C15H28/c1-8-10(4)11(5)14(7)13-12(6)15(13,14)9(2)3/h9-13H,8H2,1-7H3. The molecule has 0 bridgehead atoms. The summed E-state index contributed by atoms with van der Waals surface area (Å²) in [5, 5.41) is 0. The Morgan fingerprint density at radius 3 is 1.93 bits per heavy atom. The van der Waals surface area contributed by atoms with E-state index in [1.165, 1.54) is 6.42 Å². The van der Waals surface area contributed by atoms with Crippen molar-refractivity contribution < 1.29 is 0 Å². The molecule has 2 rings (SSSR count). The van der Waals surface area contributed by atoms with Crippen LogP contribution in [0.4, 0.5) is 0 Å². The molecule has 0 aromatic rings. The number of hydrogen-bond acceptors (Lipinski definition) is 0. The number of rotatable bonds is 4. The highest BCUT2D eigenvalue weighted by Crippen LogP contribution is 2.95. The van der Waals surface area contributed by atoms with Gasteiger partial charge in [0.15, 0.2) is 0 Å². The van der Waals surface area contributed by atoms with Crippen LogP contribution in [0.5, 0.6) is 0 Å². The molecule has 2 fully saturated rings. The van der Waals surface area contributed by atoms with E-state index in [2.05, 4.69) is 48.5 Å². The molecule has 0 N–H and O–H groups in total. The van der Waals surface area contributed by atoms with Gasteiger partial charge in [0, 0.05) is 0 Å². The van der Waals surface area contributed by atoms with Crippen molar-refractivity contribution in [3.8, 4) is 0 Å². The zero-order valence-electron chi connectivity index (χ0n) is 11.6. The normalized spacial score (nSPS) is 51.2. The molecule has 2 aliphatic carbocycles. The van der Waals surface area contributed by atoms with E-state index in [1.54, 1.807) is 0 Å². The summed E-state index contributed by atoms with van der Waals surface area (Å²) in [6.07, 6.45) is 1.34. The van der Waals surface area contributed by atoms with Gasteiger partial charge in [-0.2, -0.15) is 0 Å². The Morgan fingerprint density at radius 1 is 1.13 bits per heavy atom. The van der Waals surface area contributed by atoms with Gasteiger partial charge in [0.25, 0.3) is 0 Å². The highest BCUT2D eigenvalue weighted by Gasteiger charge is 2.92. The fourth-order valence-corrected chi connectivity index (χ4v) is 5.37. The molecule has 6 unspecified atom stereocenters. The first-order valence-electron chi connectivity index (χ1n) is 6.86. The molecule has 15 heavy (non-hydrogen) atoms. The average Bonchev–Trinajstić information content (AvgIpc) is 3.02. The molecule has 0 amide bonds. The Balaban J connectivity index is 2.14. The van der Waals surface area contributed by atoms with Gasteiger partial charge >= 0.3 is 0 Å². The van der Waals surface area contributed by atoms with E-state index >= 15 is 0 Å². The number of hydrogen-bond donors (Lipinski definition) is 0. The van der Waals surface area contributed by atoms with Gasteiger partial charge in [-0.05, 0) is 40.4 Å². The first-order valence-corrected chi connectivity index (χ1v) is 6.86. The molecular formula is C15H28. The summed E-state index contributed by atoms with van der Waals surface area (Å²) in [6.45, 7) is 17.2. The van der Waals surface area contributed by atoms with Crippen molar-refractivity contribution in [2.24, 2.45) is 40.4 Å². The third-order valence-corrected chi connectivity index (χ3v) is 6.55. The van der Waals surface area contributed by atoms with E-state index in [0.717, 1.165) is 35.0 Å². The van der Waals surface area contributed by atoms with Crippen LogP contribution in [-0.4, -0.2) is 0 Å². The summed E-state index contributed by atoms with van der Waals surface area (Å²) in [6, 6.07) is 0. The molecule has 0 aliphatic heterocycles. The van der Waals surface area contributed by atoms with Gasteiger partial charge in [0.1, 0.15) is 0 Å². The van der Waals surface area contributed by atoms with E-state index in [4.69, 9.17) is 0 Å². The molecule has 0 saturated heterocycles. The third kappa shape index (κ3) is 0.996. The fourth-order valence-electron chi connectivity index (χ4n) is 5.37. The van der Waals surface area contributed by atoms with Gasteiger partial charge < -0.3 is 0 Å². The average molecular weight is 208 g/mol. The highest BCUT2D eigenvalue weighted by atomic mass is 15.0. The Hall–Kier alpha value is 0. The van der Waals surface area contributed by atoms with Crippen LogP contribution in [0.15, 0.2) is 0 Å². The molecular weight excluding hydrogens is 180 g/mol. The maximum Gasteiger partial charge on any atom is -0.0150 e. The van der Waals surface area contributed by atoms with Crippen LogP contribution >= 0.6 is 0 Å². The first-order chi connectivity index (χ1) is 6.86. The van der Waals surface area contributed by atoms with Crippen molar-refractivity contribution in [2.45, 2.75) is 54.9 Å². The molecule has 0 aromatic heterocycles. The molecule has 0 heterocycles. The monoisotopic (exact) mass is 208 g/mol. The van der Waals surface area contributed by atoms with Crippen molar-refractivity contribution in [3.63, 3.8) is 0 Å². The lowest BCUT2D eigenvalue weighted by molar-refractivity contribution is 0.103. The van der Waals surface area contributed by atoms with E-state index < -0.39 is 0 Å².